The molecule has 0 saturated carbocycles. The molecule has 1 heterocycles. The molecule has 31 heavy (non-hydrogen) atoms. The number of ether oxygens (including phenoxy) is 2. The van der Waals surface area contributed by atoms with Crippen LogP contribution in [0.2, 0.25) is 0 Å². The van der Waals surface area contributed by atoms with Crippen LogP contribution in [0.5, 0.6) is 5.75 Å². The second-order valence-electron chi connectivity index (χ2n) is 7.33. The van der Waals surface area contributed by atoms with E-state index in [0.717, 1.165) is 27.9 Å². The topological polar surface area (TPSA) is 60.7 Å². The molecular weight excluding hydrogens is 411 g/mol. The highest BCUT2D eigenvalue weighted by molar-refractivity contribution is 5.87. The highest BCUT2D eigenvalue weighted by Gasteiger charge is 2.31. The Bertz CT molecular complexity index is 1090. The first kappa shape index (κ1) is 22.7. The number of nitrogens with zero attached hydrogens (tertiary/aromatic N) is 1. The fourth-order valence-electron chi connectivity index (χ4n) is 3.75. The van der Waals surface area contributed by atoms with E-state index in [1.54, 1.807) is 13.0 Å². The van der Waals surface area contributed by atoms with E-state index in [2.05, 4.69) is 4.74 Å². The molecule has 0 fully saturated rings. The van der Waals surface area contributed by atoms with Gasteiger partial charge in [-0.25, -0.2) is 4.79 Å². The molecule has 3 aromatic rings. The molecule has 0 amide bonds. The lowest BCUT2D eigenvalue weighted by Crippen LogP contribution is -2.26. The van der Waals surface area contributed by atoms with Gasteiger partial charge in [0.25, 0.3) is 0 Å². The molecule has 8 heteroatoms. The van der Waals surface area contributed by atoms with Crippen molar-refractivity contribution in [2.24, 2.45) is 7.05 Å². The van der Waals surface area contributed by atoms with Crippen LogP contribution in [0.15, 0.2) is 42.5 Å². The number of rotatable bonds is 8. The number of halogens is 3. The predicted octanol–water partition coefficient (Wildman–Crippen LogP) is 5.01. The van der Waals surface area contributed by atoms with E-state index in [-0.39, 0.29) is 12.2 Å². The molecule has 1 unspecified atom stereocenters. The zero-order valence-electron chi connectivity index (χ0n) is 17.5. The van der Waals surface area contributed by atoms with Gasteiger partial charge in [-0.15, -0.1) is 13.2 Å². The monoisotopic (exact) mass is 435 g/mol. The van der Waals surface area contributed by atoms with E-state index in [9.17, 15) is 23.1 Å². The van der Waals surface area contributed by atoms with Crippen LogP contribution < -0.4 is 4.74 Å². The fraction of sp³-hybridized carbons (Fsp3) is 0.348. The van der Waals surface area contributed by atoms with E-state index in [1.807, 2.05) is 42.8 Å². The average Bonchev–Trinajstić information content (AvgIpc) is 2.91. The van der Waals surface area contributed by atoms with E-state index < -0.39 is 18.4 Å². The first-order valence-corrected chi connectivity index (χ1v) is 9.85. The highest BCUT2D eigenvalue weighted by Crippen LogP contribution is 2.32. The third-order valence-corrected chi connectivity index (χ3v) is 5.26. The summed E-state index contributed by atoms with van der Waals surface area (Å²) < 4.78 is 49.3. The maximum absolute atomic E-state index is 12.7. The van der Waals surface area contributed by atoms with Crippen molar-refractivity contribution >= 4 is 16.9 Å². The van der Waals surface area contributed by atoms with Crippen molar-refractivity contribution in [2.45, 2.75) is 39.2 Å². The number of aromatic nitrogens is 1. The van der Waals surface area contributed by atoms with Crippen LogP contribution in [-0.4, -0.2) is 34.7 Å². The van der Waals surface area contributed by atoms with E-state index in [1.165, 1.54) is 12.1 Å². The molecule has 5 nitrogen and oxygen atoms in total. The lowest BCUT2D eigenvalue weighted by Gasteiger charge is -2.13. The zero-order chi connectivity index (χ0) is 22.8. The van der Waals surface area contributed by atoms with Crippen LogP contribution >= 0.6 is 0 Å². The number of carboxylic acid groups (broad SMARTS) is 1. The van der Waals surface area contributed by atoms with Crippen molar-refractivity contribution in [1.29, 1.82) is 0 Å². The summed E-state index contributed by atoms with van der Waals surface area (Å²) in [5, 5.41) is 10.00. The summed E-state index contributed by atoms with van der Waals surface area (Å²) in [6, 6.07) is 11.8. The van der Waals surface area contributed by atoms with Gasteiger partial charge in [-0.1, -0.05) is 24.3 Å². The summed E-state index contributed by atoms with van der Waals surface area (Å²) in [6.07, 6.45) is -4.97. The largest absolute Gasteiger partial charge is 0.573 e. The van der Waals surface area contributed by atoms with E-state index in [4.69, 9.17) is 4.74 Å². The van der Waals surface area contributed by atoms with Crippen LogP contribution in [0.4, 0.5) is 13.2 Å². The molecule has 0 radical (unpaired) electrons. The molecule has 1 N–H and O–H groups in total. The molecule has 1 aromatic heterocycles. The Balaban J connectivity index is 1.93. The van der Waals surface area contributed by atoms with Gasteiger partial charge in [0.15, 0.2) is 6.10 Å². The molecule has 3 rings (SSSR count). The minimum atomic E-state index is -4.76. The number of carboxylic acids is 1. The lowest BCUT2D eigenvalue weighted by molar-refractivity contribution is -0.274. The van der Waals surface area contributed by atoms with Gasteiger partial charge in [-0.2, -0.15) is 0 Å². The standard InChI is InChI=1S/C23H24F3NO4/c1-4-30-21(22(28)29)12-16-7-5-6-15(10-16)11-18-14(2)27(3)20-9-8-17(13-19(18)20)31-23(24,25)26/h5-10,13,21H,4,11-12H2,1-3H3,(H,28,29). The number of hydrogen-bond donors (Lipinski definition) is 1. The van der Waals surface area contributed by atoms with Crippen LogP contribution in [0.25, 0.3) is 10.9 Å². The summed E-state index contributed by atoms with van der Waals surface area (Å²) in [6.45, 7) is 3.96. The van der Waals surface area contributed by atoms with Crippen molar-refractivity contribution in [2.75, 3.05) is 6.61 Å². The fourth-order valence-corrected chi connectivity index (χ4v) is 3.75. The summed E-state index contributed by atoms with van der Waals surface area (Å²) in [4.78, 5) is 11.4. The van der Waals surface area contributed by atoms with Crippen LogP contribution in [0.3, 0.4) is 0 Å². The summed E-state index contributed by atoms with van der Waals surface area (Å²) in [5.74, 6) is -1.28. The Morgan fingerprint density at radius 3 is 2.52 bits per heavy atom. The van der Waals surface area contributed by atoms with Crippen LogP contribution in [0, 0.1) is 6.92 Å². The third kappa shape index (κ3) is 5.38. The minimum Gasteiger partial charge on any atom is -0.479 e. The second-order valence-corrected chi connectivity index (χ2v) is 7.33. The van der Waals surface area contributed by atoms with Gasteiger partial charge in [0.1, 0.15) is 5.75 Å². The van der Waals surface area contributed by atoms with Crippen molar-refractivity contribution < 1.29 is 32.5 Å². The maximum Gasteiger partial charge on any atom is 0.573 e. The van der Waals surface area contributed by atoms with Crippen molar-refractivity contribution in [3.8, 4) is 5.75 Å². The van der Waals surface area contributed by atoms with Crippen molar-refractivity contribution in [3.05, 3.63) is 64.8 Å². The zero-order valence-corrected chi connectivity index (χ0v) is 17.5. The lowest BCUT2D eigenvalue weighted by atomic mass is 9.98. The molecule has 0 spiro atoms. The molecule has 0 aliphatic carbocycles. The van der Waals surface area contributed by atoms with Crippen molar-refractivity contribution in [3.63, 3.8) is 0 Å². The summed E-state index contributed by atoms with van der Waals surface area (Å²) >= 11 is 0. The Morgan fingerprint density at radius 1 is 1.16 bits per heavy atom. The average molecular weight is 435 g/mol. The molecule has 0 saturated heterocycles. The number of carbonyl (C=O) groups is 1. The van der Waals surface area contributed by atoms with Gasteiger partial charge in [0.2, 0.25) is 0 Å². The molecule has 0 aliphatic heterocycles. The Morgan fingerprint density at radius 2 is 1.87 bits per heavy atom. The number of aliphatic carboxylic acids is 1. The maximum atomic E-state index is 12.7. The molecule has 0 aliphatic rings. The van der Waals surface area contributed by atoms with Crippen LogP contribution in [0.1, 0.15) is 29.3 Å². The first-order chi connectivity index (χ1) is 14.6. The second kappa shape index (κ2) is 9.01. The van der Waals surface area contributed by atoms with Gasteiger partial charge >= 0.3 is 12.3 Å². The van der Waals surface area contributed by atoms with Gasteiger partial charge in [0.05, 0.1) is 0 Å². The quantitative estimate of drug-likeness (QED) is 0.541. The van der Waals surface area contributed by atoms with Gasteiger partial charge in [-0.05, 0) is 55.2 Å². The molecule has 2 aromatic carbocycles. The number of alkyl halides is 3. The van der Waals surface area contributed by atoms with Gasteiger partial charge < -0.3 is 19.1 Å². The highest BCUT2D eigenvalue weighted by atomic mass is 19.4. The minimum absolute atomic E-state index is 0.231. The summed E-state index contributed by atoms with van der Waals surface area (Å²) in [5.41, 5.74) is 4.37. The Kier molecular flexibility index (Phi) is 6.59. The number of hydrogen-bond acceptors (Lipinski definition) is 3. The van der Waals surface area contributed by atoms with Gasteiger partial charge in [-0.3, -0.25) is 0 Å². The smallest absolute Gasteiger partial charge is 0.479 e. The third-order valence-electron chi connectivity index (χ3n) is 5.26. The Labute approximate surface area is 178 Å². The molecule has 0 bridgehead atoms. The number of benzene rings is 2. The molecular formula is C23H24F3NO4. The SMILES string of the molecule is CCOC(Cc1cccc(Cc2c(C)n(C)c3ccc(OC(F)(F)F)cc23)c1)C(=O)O. The predicted molar refractivity (Wildman–Crippen MR) is 110 cm³/mol. The number of aryl methyl sites for hydroxylation is 1. The van der Waals surface area contributed by atoms with E-state index in [0.29, 0.717) is 18.4 Å². The first-order valence-electron chi connectivity index (χ1n) is 9.85. The van der Waals surface area contributed by atoms with Crippen molar-refractivity contribution in [1.82, 2.24) is 4.57 Å². The summed E-state index contributed by atoms with van der Waals surface area (Å²) in [7, 11) is 1.86. The van der Waals surface area contributed by atoms with E-state index >= 15 is 0 Å². The molecule has 166 valence electrons. The normalized spacial score (nSPS) is 12.8. The van der Waals surface area contributed by atoms with Crippen LogP contribution in [-0.2, 0) is 29.4 Å². The number of fused-ring (bicyclic) bond motifs is 1. The molecule has 1 atom stereocenters. The Hall–Kier alpha value is -3.00. The van der Waals surface area contributed by atoms with Gasteiger partial charge in [0, 0.05) is 36.7 Å².